The summed E-state index contributed by atoms with van der Waals surface area (Å²) in [4.78, 5) is 11.1. The van der Waals surface area contributed by atoms with Crippen molar-refractivity contribution in [3.05, 3.63) is 27.7 Å². The van der Waals surface area contributed by atoms with Gasteiger partial charge in [-0.3, -0.25) is 0 Å². The van der Waals surface area contributed by atoms with Crippen LogP contribution in [0.1, 0.15) is 6.92 Å². The fourth-order valence-electron chi connectivity index (χ4n) is 0.972. The highest BCUT2D eigenvalue weighted by atomic mass is 79.9. The van der Waals surface area contributed by atoms with Crippen molar-refractivity contribution in [3.63, 3.8) is 0 Å². The molecule has 1 rings (SSSR count). The summed E-state index contributed by atoms with van der Waals surface area (Å²) in [6.07, 6.45) is -0.679. The van der Waals surface area contributed by atoms with Gasteiger partial charge in [-0.15, -0.1) is 0 Å². The van der Waals surface area contributed by atoms with E-state index in [1.54, 1.807) is 25.1 Å². The van der Waals surface area contributed by atoms with Crippen LogP contribution in [0.5, 0.6) is 5.75 Å². The van der Waals surface area contributed by atoms with Crippen molar-refractivity contribution in [3.8, 4) is 5.75 Å². The number of hydrogen-bond acceptors (Lipinski definition) is 3. The summed E-state index contributed by atoms with van der Waals surface area (Å²) in [5.74, 6) is 0.00924. The third-order valence-corrected chi connectivity index (χ3v) is 2.54. The van der Waals surface area contributed by atoms with Gasteiger partial charge in [0.1, 0.15) is 5.75 Å². The van der Waals surface area contributed by atoms with Crippen molar-refractivity contribution in [1.29, 1.82) is 0 Å². The topological polar surface area (TPSA) is 35.5 Å². The Kier molecular flexibility index (Phi) is 4.42. The first kappa shape index (κ1) is 12.3. The maximum atomic E-state index is 11.1. The van der Waals surface area contributed by atoms with Crippen molar-refractivity contribution in [2.45, 2.75) is 13.0 Å². The Morgan fingerprint density at radius 2 is 2.20 bits per heavy atom. The van der Waals surface area contributed by atoms with E-state index in [4.69, 9.17) is 16.3 Å². The van der Waals surface area contributed by atoms with Crippen LogP contribution in [-0.4, -0.2) is 19.2 Å². The first-order valence-corrected chi connectivity index (χ1v) is 5.41. The smallest absolute Gasteiger partial charge is 0.346 e. The van der Waals surface area contributed by atoms with Gasteiger partial charge in [0.25, 0.3) is 0 Å². The number of benzene rings is 1. The van der Waals surface area contributed by atoms with Crippen LogP contribution < -0.4 is 4.74 Å². The lowest BCUT2D eigenvalue weighted by atomic mass is 10.3. The lowest BCUT2D eigenvalue weighted by Crippen LogP contribution is -2.25. The van der Waals surface area contributed by atoms with E-state index in [0.29, 0.717) is 10.8 Å². The van der Waals surface area contributed by atoms with Gasteiger partial charge in [0, 0.05) is 4.47 Å². The van der Waals surface area contributed by atoms with Gasteiger partial charge in [-0.25, -0.2) is 4.79 Å². The first-order chi connectivity index (χ1) is 7.04. The van der Waals surface area contributed by atoms with Gasteiger partial charge in [0.2, 0.25) is 0 Å². The molecule has 5 heteroatoms. The van der Waals surface area contributed by atoms with Gasteiger partial charge in [-0.05, 0) is 25.1 Å². The largest absolute Gasteiger partial charge is 0.477 e. The zero-order valence-corrected chi connectivity index (χ0v) is 10.6. The summed E-state index contributed by atoms with van der Waals surface area (Å²) in [7, 11) is 1.31. The Morgan fingerprint density at radius 3 is 2.80 bits per heavy atom. The predicted molar refractivity (Wildman–Crippen MR) is 61.3 cm³/mol. The predicted octanol–water partition coefficient (Wildman–Crippen LogP) is 3.04. The average molecular weight is 294 g/mol. The normalized spacial score (nSPS) is 12.0. The highest BCUT2D eigenvalue weighted by Crippen LogP contribution is 2.28. The first-order valence-electron chi connectivity index (χ1n) is 4.24. The fraction of sp³-hybridized carbons (Fsp3) is 0.300. The zero-order chi connectivity index (χ0) is 11.4. The molecule has 0 saturated heterocycles. The van der Waals surface area contributed by atoms with E-state index in [2.05, 4.69) is 20.7 Å². The van der Waals surface area contributed by atoms with Gasteiger partial charge < -0.3 is 9.47 Å². The van der Waals surface area contributed by atoms with Crippen molar-refractivity contribution < 1.29 is 14.3 Å². The molecule has 0 aliphatic carbocycles. The Labute approximate surface area is 101 Å². The standard InChI is InChI=1S/C10H10BrClO3/c1-6(10(13)14-2)15-9-5-7(11)3-4-8(9)12/h3-6H,1-2H3/t6-/m1/s1. The van der Waals surface area contributed by atoms with Crippen LogP contribution in [0.2, 0.25) is 5.02 Å². The van der Waals surface area contributed by atoms with Crippen molar-refractivity contribution in [2.75, 3.05) is 7.11 Å². The molecule has 3 nitrogen and oxygen atoms in total. The number of rotatable bonds is 3. The van der Waals surface area contributed by atoms with E-state index < -0.39 is 12.1 Å². The molecule has 0 heterocycles. The van der Waals surface area contributed by atoms with Crippen LogP contribution in [0.3, 0.4) is 0 Å². The van der Waals surface area contributed by atoms with E-state index >= 15 is 0 Å². The molecule has 15 heavy (non-hydrogen) atoms. The molecule has 0 N–H and O–H groups in total. The van der Waals surface area contributed by atoms with Crippen LogP contribution in [0, 0.1) is 0 Å². The number of hydrogen-bond donors (Lipinski definition) is 0. The Bertz CT molecular complexity index is 368. The molecule has 0 radical (unpaired) electrons. The average Bonchev–Trinajstić information content (AvgIpc) is 2.22. The van der Waals surface area contributed by atoms with Crippen LogP contribution in [0.4, 0.5) is 0 Å². The molecule has 0 aliphatic rings. The molecule has 0 saturated carbocycles. The third kappa shape index (κ3) is 3.39. The van der Waals surface area contributed by atoms with Gasteiger partial charge in [-0.2, -0.15) is 0 Å². The lowest BCUT2D eigenvalue weighted by molar-refractivity contribution is -0.147. The number of carbonyl (C=O) groups is 1. The van der Waals surface area contributed by atoms with Gasteiger partial charge in [0.05, 0.1) is 12.1 Å². The van der Waals surface area contributed by atoms with Gasteiger partial charge >= 0.3 is 5.97 Å². The van der Waals surface area contributed by atoms with E-state index in [0.717, 1.165) is 4.47 Å². The summed E-state index contributed by atoms with van der Waals surface area (Å²) < 4.78 is 10.7. The molecule has 0 amide bonds. The molecule has 0 spiro atoms. The molecule has 1 atom stereocenters. The molecule has 0 fully saturated rings. The number of methoxy groups -OCH3 is 1. The molecular weight excluding hydrogens is 283 g/mol. The maximum Gasteiger partial charge on any atom is 0.346 e. The van der Waals surface area contributed by atoms with E-state index in [1.165, 1.54) is 7.11 Å². The maximum absolute atomic E-state index is 11.1. The van der Waals surface area contributed by atoms with Crippen LogP contribution >= 0.6 is 27.5 Å². The second kappa shape index (κ2) is 5.37. The fourth-order valence-corrected chi connectivity index (χ4v) is 1.47. The Hall–Kier alpha value is -0.740. The van der Waals surface area contributed by atoms with E-state index in [9.17, 15) is 4.79 Å². The molecule has 0 bridgehead atoms. The monoisotopic (exact) mass is 292 g/mol. The second-order valence-electron chi connectivity index (χ2n) is 2.86. The minimum absolute atomic E-state index is 0.439. The zero-order valence-electron chi connectivity index (χ0n) is 8.29. The molecule has 1 aromatic carbocycles. The van der Waals surface area contributed by atoms with E-state index in [-0.39, 0.29) is 0 Å². The van der Waals surface area contributed by atoms with Gasteiger partial charge in [-0.1, -0.05) is 27.5 Å². The van der Waals surface area contributed by atoms with Crippen molar-refractivity contribution in [2.24, 2.45) is 0 Å². The van der Waals surface area contributed by atoms with E-state index in [1.807, 2.05) is 0 Å². The molecular formula is C10H10BrClO3. The molecule has 82 valence electrons. The van der Waals surface area contributed by atoms with Crippen molar-refractivity contribution >= 4 is 33.5 Å². The number of ether oxygens (including phenoxy) is 2. The highest BCUT2D eigenvalue weighted by molar-refractivity contribution is 9.10. The van der Waals surface area contributed by atoms with Crippen molar-refractivity contribution in [1.82, 2.24) is 0 Å². The third-order valence-electron chi connectivity index (χ3n) is 1.73. The summed E-state index contributed by atoms with van der Waals surface area (Å²) in [5, 5.41) is 0.453. The van der Waals surface area contributed by atoms with Crippen LogP contribution in [0.15, 0.2) is 22.7 Å². The number of esters is 1. The number of halogens is 2. The molecule has 0 aliphatic heterocycles. The van der Waals surface area contributed by atoms with Crippen LogP contribution in [0.25, 0.3) is 0 Å². The quantitative estimate of drug-likeness (QED) is 0.804. The van der Waals surface area contributed by atoms with Crippen LogP contribution in [-0.2, 0) is 9.53 Å². The summed E-state index contributed by atoms with van der Waals surface area (Å²) in [5.41, 5.74) is 0. The van der Waals surface area contributed by atoms with Gasteiger partial charge in [0.15, 0.2) is 6.10 Å². The summed E-state index contributed by atoms with van der Waals surface area (Å²) in [6, 6.07) is 5.17. The summed E-state index contributed by atoms with van der Waals surface area (Å²) >= 11 is 9.18. The minimum atomic E-state index is -0.679. The summed E-state index contributed by atoms with van der Waals surface area (Å²) in [6.45, 7) is 1.60. The Morgan fingerprint density at radius 1 is 1.53 bits per heavy atom. The second-order valence-corrected chi connectivity index (χ2v) is 4.18. The lowest BCUT2D eigenvalue weighted by Gasteiger charge is -2.13. The highest BCUT2D eigenvalue weighted by Gasteiger charge is 2.16. The molecule has 0 aromatic heterocycles. The SMILES string of the molecule is COC(=O)[C@@H](C)Oc1cc(Br)ccc1Cl. The Balaban J connectivity index is 2.80. The number of carbonyl (C=O) groups excluding carboxylic acids is 1. The molecule has 0 unspecified atom stereocenters. The minimum Gasteiger partial charge on any atom is -0.477 e. The molecule has 1 aromatic rings.